The average Bonchev–Trinajstić information content (AvgIpc) is 3.01. The van der Waals surface area contributed by atoms with E-state index in [0.717, 1.165) is 39.1 Å². The molecule has 108 valence electrons. The van der Waals surface area contributed by atoms with Crippen molar-refractivity contribution in [3.05, 3.63) is 30.3 Å². The average molecular weight is 274 g/mol. The highest BCUT2D eigenvalue weighted by atomic mass is 16.5. The Kier molecular flexibility index (Phi) is 3.92. The zero-order valence-corrected chi connectivity index (χ0v) is 12.0. The molecule has 0 bridgehead atoms. The summed E-state index contributed by atoms with van der Waals surface area (Å²) in [6, 6.07) is 10.6. The molecular formula is C16H22N2O2. The number of benzene rings is 1. The Bertz CT molecular complexity index is 457. The minimum atomic E-state index is -0.194. The quantitative estimate of drug-likeness (QED) is 0.826. The highest BCUT2D eigenvalue weighted by Gasteiger charge is 2.33. The molecule has 4 nitrogen and oxygen atoms in total. The van der Waals surface area contributed by atoms with Crippen LogP contribution in [-0.4, -0.2) is 49.2 Å². The summed E-state index contributed by atoms with van der Waals surface area (Å²) in [5, 5.41) is 0. The zero-order valence-electron chi connectivity index (χ0n) is 12.0. The van der Waals surface area contributed by atoms with Crippen LogP contribution < -0.4 is 4.90 Å². The molecule has 3 rings (SSSR count). The molecule has 2 saturated heterocycles. The van der Waals surface area contributed by atoms with E-state index < -0.39 is 0 Å². The van der Waals surface area contributed by atoms with Gasteiger partial charge in [0.05, 0.1) is 0 Å². The Morgan fingerprint density at radius 3 is 2.70 bits per heavy atom. The number of nitrogens with zero attached hydrogens (tertiary/aromatic N) is 2. The van der Waals surface area contributed by atoms with Gasteiger partial charge in [-0.2, -0.15) is 0 Å². The summed E-state index contributed by atoms with van der Waals surface area (Å²) < 4.78 is 5.52. The van der Waals surface area contributed by atoms with Crippen molar-refractivity contribution >= 4 is 11.6 Å². The van der Waals surface area contributed by atoms with Gasteiger partial charge in [0, 0.05) is 38.0 Å². The van der Waals surface area contributed by atoms with E-state index in [1.165, 1.54) is 5.69 Å². The van der Waals surface area contributed by atoms with E-state index in [1.54, 1.807) is 0 Å². The van der Waals surface area contributed by atoms with Crippen molar-refractivity contribution in [2.75, 3.05) is 31.1 Å². The van der Waals surface area contributed by atoms with Crippen LogP contribution in [0, 0.1) is 0 Å². The van der Waals surface area contributed by atoms with Crippen LogP contribution in [0.5, 0.6) is 0 Å². The molecule has 0 aromatic heterocycles. The first-order valence-corrected chi connectivity index (χ1v) is 7.48. The molecule has 0 aliphatic carbocycles. The lowest BCUT2D eigenvalue weighted by atomic mass is 10.1. The molecule has 2 fully saturated rings. The maximum atomic E-state index is 12.4. The lowest BCUT2D eigenvalue weighted by molar-refractivity contribution is -0.143. The van der Waals surface area contributed by atoms with Crippen LogP contribution in [0.25, 0.3) is 0 Å². The number of piperazine rings is 1. The minimum Gasteiger partial charge on any atom is -0.368 e. The van der Waals surface area contributed by atoms with Gasteiger partial charge in [-0.3, -0.25) is 4.79 Å². The number of ether oxygens (including phenoxy) is 1. The van der Waals surface area contributed by atoms with Crippen molar-refractivity contribution in [2.24, 2.45) is 0 Å². The summed E-state index contributed by atoms with van der Waals surface area (Å²) in [5.74, 6) is 0.183. The van der Waals surface area contributed by atoms with E-state index in [1.807, 2.05) is 11.0 Å². The van der Waals surface area contributed by atoms with E-state index in [4.69, 9.17) is 4.74 Å². The Morgan fingerprint density at radius 1 is 1.25 bits per heavy atom. The molecule has 1 amide bonds. The monoisotopic (exact) mass is 274 g/mol. The van der Waals surface area contributed by atoms with Crippen molar-refractivity contribution in [3.63, 3.8) is 0 Å². The predicted octanol–water partition coefficient (Wildman–Crippen LogP) is 1.90. The van der Waals surface area contributed by atoms with Crippen LogP contribution in [0.4, 0.5) is 5.69 Å². The molecule has 2 atom stereocenters. The third kappa shape index (κ3) is 2.66. The summed E-state index contributed by atoms with van der Waals surface area (Å²) in [6.45, 7) is 5.43. The number of amides is 1. The van der Waals surface area contributed by atoms with E-state index in [2.05, 4.69) is 36.1 Å². The van der Waals surface area contributed by atoms with Crippen molar-refractivity contribution in [1.82, 2.24) is 4.90 Å². The number of carbonyl (C=O) groups is 1. The zero-order chi connectivity index (χ0) is 13.9. The van der Waals surface area contributed by atoms with Gasteiger partial charge in [-0.1, -0.05) is 18.2 Å². The van der Waals surface area contributed by atoms with E-state index in [-0.39, 0.29) is 18.1 Å². The number of rotatable bonds is 2. The van der Waals surface area contributed by atoms with Crippen molar-refractivity contribution in [3.8, 4) is 0 Å². The van der Waals surface area contributed by atoms with Crippen LogP contribution in [0.3, 0.4) is 0 Å². The lowest BCUT2D eigenvalue weighted by Crippen LogP contribution is -2.56. The number of para-hydroxylation sites is 1. The first kappa shape index (κ1) is 13.4. The molecule has 2 heterocycles. The van der Waals surface area contributed by atoms with Gasteiger partial charge in [-0.25, -0.2) is 0 Å². The maximum absolute atomic E-state index is 12.4. The summed E-state index contributed by atoms with van der Waals surface area (Å²) in [4.78, 5) is 16.8. The van der Waals surface area contributed by atoms with Crippen LogP contribution in [0.1, 0.15) is 19.8 Å². The highest BCUT2D eigenvalue weighted by molar-refractivity contribution is 5.81. The third-order valence-corrected chi connectivity index (χ3v) is 4.24. The van der Waals surface area contributed by atoms with Gasteiger partial charge in [-0.15, -0.1) is 0 Å². The fourth-order valence-corrected chi connectivity index (χ4v) is 3.12. The largest absolute Gasteiger partial charge is 0.368 e. The molecule has 4 heteroatoms. The number of hydrogen-bond donors (Lipinski definition) is 0. The normalized spacial score (nSPS) is 26.9. The third-order valence-electron chi connectivity index (χ3n) is 4.24. The standard InChI is InChI=1S/C16H22N2O2/c1-13-12-17(14-6-3-2-4-7-14)9-10-18(13)16(19)15-8-5-11-20-15/h2-4,6-7,13,15H,5,8-12H2,1H3. The van der Waals surface area contributed by atoms with Gasteiger partial charge in [0.2, 0.25) is 0 Å². The van der Waals surface area contributed by atoms with Crippen molar-refractivity contribution < 1.29 is 9.53 Å². The number of carbonyl (C=O) groups excluding carboxylic acids is 1. The molecular weight excluding hydrogens is 252 g/mol. The van der Waals surface area contributed by atoms with Gasteiger partial charge in [0.1, 0.15) is 6.10 Å². The first-order valence-electron chi connectivity index (χ1n) is 7.48. The van der Waals surface area contributed by atoms with Crippen molar-refractivity contribution in [1.29, 1.82) is 0 Å². The second-order valence-electron chi connectivity index (χ2n) is 5.66. The topological polar surface area (TPSA) is 32.8 Å². The first-order chi connectivity index (χ1) is 9.75. The van der Waals surface area contributed by atoms with Gasteiger partial charge >= 0.3 is 0 Å². The summed E-state index contributed by atoms with van der Waals surface area (Å²) in [6.07, 6.45) is 1.69. The predicted molar refractivity (Wildman–Crippen MR) is 78.8 cm³/mol. The fraction of sp³-hybridized carbons (Fsp3) is 0.562. The van der Waals surface area contributed by atoms with Crippen molar-refractivity contribution in [2.45, 2.75) is 31.9 Å². The van der Waals surface area contributed by atoms with E-state index in [9.17, 15) is 4.79 Å². The van der Waals surface area contributed by atoms with E-state index >= 15 is 0 Å². The van der Waals surface area contributed by atoms with Gasteiger partial charge in [-0.05, 0) is 31.9 Å². The number of hydrogen-bond acceptors (Lipinski definition) is 3. The van der Waals surface area contributed by atoms with Gasteiger partial charge in [0.25, 0.3) is 5.91 Å². The molecule has 2 aliphatic heterocycles. The SMILES string of the molecule is CC1CN(c2ccccc2)CCN1C(=O)C1CCCO1. The fourth-order valence-electron chi connectivity index (χ4n) is 3.12. The molecule has 0 N–H and O–H groups in total. The number of anilines is 1. The van der Waals surface area contributed by atoms with Crippen LogP contribution >= 0.6 is 0 Å². The van der Waals surface area contributed by atoms with Gasteiger partial charge in [0.15, 0.2) is 0 Å². The smallest absolute Gasteiger partial charge is 0.252 e. The highest BCUT2D eigenvalue weighted by Crippen LogP contribution is 2.21. The summed E-state index contributed by atoms with van der Waals surface area (Å²) in [5.41, 5.74) is 1.24. The Balaban J connectivity index is 1.63. The Hall–Kier alpha value is -1.55. The molecule has 1 aromatic carbocycles. The second-order valence-corrected chi connectivity index (χ2v) is 5.66. The van der Waals surface area contributed by atoms with E-state index in [0.29, 0.717) is 0 Å². The maximum Gasteiger partial charge on any atom is 0.252 e. The van der Waals surface area contributed by atoms with Crippen LogP contribution in [0.15, 0.2) is 30.3 Å². The summed E-state index contributed by atoms with van der Waals surface area (Å²) in [7, 11) is 0. The van der Waals surface area contributed by atoms with Crippen LogP contribution in [-0.2, 0) is 9.53 Å². The molecule has 0 radical (unpaired) electrons. The molecule has 2 unspecified atom stereocenters. The molecule has 0 saturated carbocycles. The molecule has 20 heavy (non-hydrogen) atoms. The lowest BCUT2D eigenvalue weighted by Gasteiger charge is -2.41. The molecule has 0 spiro atoms. The van der Waals surface area contributed by atoms with Gasteiger partial charge < -0.3 is 14.5 Å². The summed E-state index contributed by atoms with van der Waals surface area (Å²) >= 11 is 0. The Morgan fingerprint density at radius 2 is 2.05 bits per heavy atom. The minimum absolute atomic E-state index is 0.183. The Labute approximate surface area is 120 Å². The molecule has 1 aromatic rings. The van der Waals surface area contributed by atoms with Crippen LogP contribution in [0.2, 0.25) is 0 Å². The molecule has 2 aliphatic rings. The second kappa shape index (κ2) is 5.83.